The Morgan fingerprint density at radius 2 is 1.95 bits per heavy atom. The molecule has 110 valence electrons. The standard InChI is InChI=1S/C15H27ClN2S/c1-6-10-17-14(13-12(16)9-11-19-13)15(7-2,8-3)18(4)5/h9,11,14,17H,6-8,10H2,1-5H3. The lowest BCUT2D eigenvalue weighted by Crippen LogP contribution is -2.53. The number of hydrogen-bond donors (Lipinski definition) is 1. The molecule has 0 spiro atoms. The quantitative estimate of drug-likeness (QED) is 0.757. The summed E-state index contributed by atoms with van der Waals surface area (Å²) in [5, 5.41) is 6.70. The maximum atomic E-state index is 6.39. The minimum Gasteiger partial charge on any atom is -0.308 e. The summed E-state index contributed by atoms with van der Waals surface area (Å²) in [5.74, 6) is 0. The predicted molar refractivity (Wildman–Crippen MR) is 87.4 cm³/mol. The summed E-state index contributed by atoms with van der Waals surface area (Å²) >= 11 is 8.15. The zero-order valence-corrected chi connectivity index (χ0v) is 14.4. The molecule has 0 saturated carbocycles. The largest absolute Gasteiger partial charge is 0.308 e. The Hall–Kier alpha value is -0.0900. The first-order valence-electron chi connectivity index (χ1n) is 7.17. The first-order valence-corrected chi connectivity index (χ1v) is 8.42. The molecule has 0 aliphatic carbocycles. The Labute approximate surface area is 127 Å². The minimum atomic E-state index is 0.115. The normalized spacial score (nSPS) is 14.1. The van der Waals surface area contributed by atoms with Crippen molar-refractivity contribution in [3.63, 3.8) is 0 Å². The Morgan fingerprint density at radius 3 is 2.32 bits per heavy atom. The molecule has 2 nitrogen and oxygen atoms in total. The number of thiophene rings is 1. The smallest absolute Gasteiger partial charge is 0.0616 e. The van der Waals surface area contributed by atoms with Crippen molar-refractivity contribution in [3.05, 3.63) is 21.3 Å². The molecule has 0 aliphatic rings. The van der Waals surface area contributed by atoms with Crippen molar-refractivity contribution < 1.29 is 0 Å². The van der Waals surface area contributed by atoms with Gasteiger partial charge in [-0.1, -0.05) is 32.4 Å². The highest BCUT2D eigenvalue weighted by molar-refractivity contribution is 7.10. The number of halogens is 1. The average Bonchev–Trinajstić information content (AvgIpc) is 2.80. The molecule has 0 bridgehead atoms. The molecule has 19 heavy (non-hydrogen) atoms. The lowest BCUT2D eigenvalue weighted by Gasteiger charge is -2.45. The second kappa shape index (κ2) is 7.63. The van der Waals surface area contributed by atoms with Crippen molar-refractivity contribution >= 4 is 22.9 Å². The van der Waals surface area contributed by atoms with E-state index in [2.05, 4.69) is 50.5 Å². The van der Waals surface area contributed by atoms with Crippen LogP contribution < -0.4 is 5.32 Å². The van der Waals surface area contributed by atoms with Crippen LogP contribution in [0.25, 0.3) is 0 Å². The second-order valence-corrected chi connectivity index (χ2v) is 6.58. The topological polar surface area (TPSA) is 15.3 Å². The summed E-state index contributed by atoms with van der Waals surface area (Å²) < 4.78 is 0. The molecule has 0 radical (unpaired) electrons. The molecule has 0 amide bonds. The summed E-state index contributed by atoms with van der Waals surface area (Å²) in [6, 6.07) is 2.30. The SMILES string of the molecule is CCCNC(c1sccc1Cl)C(CC)(CC)N(C)C. The molecule has 0 saturated heterocycles. The first-order chi connectivity index (χ1) is 9.03. The molecule has 1 aromatic rings. The lowest BCUT2D eigenvalue weighted by molar-refractivity contribution is 0.0897. The van der Waals surface area contributed by atoms with Gasteiger partial charge in [-0.2, -0.15) is 0 Å². The van der Waals surface area contributed by atoms with Gasteiger partial charge >= 0.3 is 0 Å². The van der Waals surface area contributed by atoms with Gasteiger partial charge in [0.05, 0.1) is 11.1 Å². The highest BCUT2D eigenvalue weighted by Crippen LogP contribution is 2.41. The van der Waals surface area contributed by atoms with E-state index >= 15 is 0 Å². The summed E-state index contributed by atoms with van der Waals surface area (Å²) in [7, 11) is 4.35. The van der Waals surface area contributed by atoms with Gasteiger partial charge in [0.15, 0.2) is 0 Å². The molecule has 0 fully saturated rings. The number of nitrogens with one attached hydrogen (secondary N) is 1. The number of rotatable bonds is 8. The van der Waals surface area contributed by atoms with Crippen molar-refractivity contribution in [1.82, 2.24) is 10.2 Å². The van der Waals surface area contributed by atoms with Crippen molar-refractivity contribution in [2.75, 3.05) is 20.6 Å². The van der Waals surface area contributed by atoms with E-state index in [1.807, 2.05) is 6.07 Å². The van der Waals surface area contributed by atoms with Gasteiger partial charge < -0.3 is 10.2 Å². The fourth-order valence-corrected chi connectivity index (χ4v) is 4.23. The van der Waals surface area contributed by atoms with Crippen molar-refractivity contribution in [2.24, 2.45) is 0 Å². The van der Waals surface area contributed by atoms with E-state index in [4.69, 9.17) is 11.6 Å². The van der Waals surface area contributed by atoms with E-state index in [0.717, 1.165) is 30.8 Å². The highest BCUT2D eigenvalue weighted by atomic mass is 35.5. The van der Waals surface area contributed by atoms with Crippen molar-refractivity contribution in [1.29, 1.82) is 0 Å². The van der Waals surface area contributed by atoms with Gasteiger partial charge in [0.25, 0.3) is 0 Å². The first kappa shape index (κ1) is 17.0. The monoisotopic (exact) mass is 302 g/mol. The molecule has 1 atom stereocenters. The summed E-state index contributed by atoms with van der Waals surface area (Å²) in [6.07, 6.45) is 3.34. The molecule has 1 aromatic heterocycles. The fourth-order valence-electron chi connectivity index (χ4n) is 2.88. The Bertz CT molecular complexity index is 372. The predicted octanol–water partition coefficient (Wildman–Crippen LogP) is 4.56. The maximum absolute atomic E-state index is 6.39. The van der Waals surface area contributed by atoms with E-state index in [0.29, 0.717) is 6.04 Å². The van der Waals surface area contributed by atoms with Crippen LogP contribution in [0.5, 0.6) is 0 Å². The molecule has 1 N–H and O–H groups in total. The van der Waals surface area contributed by atoms with Crippen LogP contribution in [0.1, 0.15) is 51.0 Å². The molecule has 1 rings (SSSR count). The van der Waals surface area contributed by atoms with Crippen LogP contribution in [0.2, 0.25) is 5.02 Å². The molecule has 0 aliphatic heterocycles. The van der Waals surface area contributed by atoms with Crippen LogP contribution in [0.4, 0.5) is 0 Å². The third-order valence-electron chi connectivity index (χ3n) is 4.16. The van der Waals surface area contributed by atoms with Gasteiger partial charge in [0.2, 0.25) is 0 Å². The highest BCUT2D eigenvalue weighted by Gasteiger charge is 2.39. The number of hydrogen-bond acceptors (Lipinski definition) is 3. The van der Waals surface area contributed by atoms with Crippen molar-refractivity contribution in [3.8, 4) is 0 Å². The molecule has 1 unspecified atom stereocenters. The maximum Gasteiger partial charge on any atom is 0.0616 e. The third kappa shape index (κ3) is 3.52. The van der Waals surface area contributed by atoms with Crippen LogP contribution in [0.3, 0.4) is 0 Å². The molecule has 1 heterocycles. The van der Waals surface area contributed by atoms with Crippen LogP contribution in [0, 0.1) is 0 Å². The minimum absolute atomic E-state index is 0.115. The summed E-state index contributed by atoms with van der Waals surface area (Å²) in [6.45, 7) is 7.76. The van der Waals surface area contributed by atoms with Crippen LogP contribution in [0.15, 0.2) is 11.4 Å². The Morgan fingerprint density at radius 1 is 1.32 bits per heavy atom. The van der Waals surface area contributed by atoms with E-state index in [-0.39, 0.29) is 5.54 Å². The summed E-state index contributed by atoms with van der Waals surface area (Å²) in [4.78, 5) is 3.63. The third-order valence-corrected chi connectivity index (χ3v) is 5.58. The molecule has 0 aromatic carbocycles. The zero-order valence-electron chi connectivity index (χ0n) is 12.8. The van der Waals surface area contributed by atoms with E-state index in [9.17, 15) is 0 Å². The van der Waals surface area contributed by atoms with Gasteiger partial charge in [-0.15, -0.1) is 11.3 Å². The van der Waals surface area contributed by atoms with E-state index in [1.54, 1.807) is 11.3 Å². The fraction of sp³-hybridized carbons (Fsp3) is 0.733. The number of nitrogens with zero attached hydrogens (tertiary/aromatic N) is 1. The van der Waals surface area contributed by atoms with Crippen LogP contribution in [-0.2, 0) is 0 Å². The molecular formula is C15H27ClN2S. The van der Waals surface area contributed by atoms with E-state index in [1.165, 1.54) is 4.88 Å². The van der Waals surface area contributed by atoms with Gasteiger partial charge in [0, 0.05) is 10.4 Å². The lowest BCUT2D eigenvalue weighted by atomic mass is 9.82. The average molecular weight is 303 g/mol. The van der Waals surface area contributed by atoms with Crippen LogP contribution in [-0.4, -0.2) is 31.1 Å². The Kier molecular flexibility index (Phi) is 6.81. The summed E-state index contributed by atoms with van der Waals surface area (Å²) in [5.41, 5.74) is 0.115. The zero-order chi connectivity index (χ0) is 14.5. The molecule has 4 heteroatoms. The van der Waals surface area contributed by atoms with Crippen LogP contribution >= 0.6 is 22.9 Å². The van der Waals surface area contributed by atoms with Gasteiger partial charge in [-0.3, -0.25) is 0 Å². The molecular weight excluding hydrogens is 276 g/mol. The van der Waals surface area contributed by atoms with Crippen molar-refractivity contribution in [2.45, 2.75) is 51.6 Å². The number of likely N-dealkylation sites (N-methyl/N-ethyl adjacent to an activating group) is 1. The van der Waals surface area contributed by atoms with Gasteiger partial charge in [-0.25, -0.2) is 0 Å². The van der Waals surface area contributed by atoms with E-state index < -0.39 is 0 Å². The second-order valence-electron chi connectivity index (χ2n) is 5.23. The van der Waals surface area contributed by atoms with Gasteiger partial charge in [0.1, 0.15) is 0 Å². The Balaban J connectivity index is 3.17. The van der Waals surface area contributed by atoms with Gasteiger partial charge in [-0.05, 0) is 51.3 Å².